The van der Waals surface area contributed by atoms with Crippen LogP contribution in [0.3, 0.4) is 0 Å². The van der Waals surface area contributed by atoms with E-state index in [2.05, 4.69) is 16.4 Å². The molecule has 96 valence electrons. The van der Waals surface area contributed by atoms with Crippen molar-refractivity contribution in [3.63, 3.8) is 0 Å². The van der Waals surface area contributed by atoms with E-state index in [4.69, 9.17) is 16.3 Å². The van der Waals surface area contributed by atoms with Crippen LogP contribution in [-0.2, 0) is 12.8 Å². The molecular formula is C14H16ClNOS. The topological polar surface area (TPSA) is 22.1 Å². The number of para-hydroxylation sites is 1. The normalized spacial score (nSPS) is 12.3. The van der Waals surface area contributed by atoms with Gasteiger partial charge in [-0.05, 0) is 30.4 Å². The number of aromatic nitrogens is 1. The molecule has 4 heteroatoms. The van der Waals surface area contributed by atoms with Crippen LogP contribution in [-0.4, -0.2) is 18.0 Å². The third-order valence-corrected chi connectivity index (χ3v) is 3.97. The Morgan fingerprint density at radius 1 is 1.33 bits per heavy atom. The van der Waals surface area contributed by atoms with Crippen LogP contribution in [0.25, 0.3) is 0 Å². The number of thiazole rings is 1. The van der Waals surface area contributed by atoms with Gasteiger partial charge in [0.2, 0.25) is 0 Å². The number of nitrogens with zero attached hydrogens (tertiary/aromatic N) is 1. The summed E-state index contributed by atoms with van der Waals surface area (Å²) < 4.78 is 5.37. The monoisotopic (exact) mass is 281 g/mol. The molecule has 0 bridgehead atoms. The molecule has 0 radical (unpaired) electrons. The van der Waals surface area contributed by atoms with Crippen LogP contribution >= 0.6 is 22.9 Å². The first kappa shape index (κ1) is 13.4. The van der Waals surface area contributed by atoms with Crippen LogP contribution in [0, 0.1) is 5.92 Å². The lowest BCUT2D eigenvalue weighted by Gasteiger charge is -2.15. The van der Waals surface area contributed by atoms with E-state index < -0.39 is 0 Å². The van der Waals surface area contributed by atoms with E-state index in [1.165, 1.54) is 5.56 Å². The van der Waals surface area contributed by atoms with Crippen molar-refractivity contribution in [3.05, 3.63) is 46.4 Å². The molecule has 0 aliphatic heterocycles. The number of hydrogen-bond donors (Lipinski definition) is 0. The fourth-order valence-corrected chi connectivity index (χ4v) is 2.79. The summed E-state index contributed by atoms with van der Waals surface area (Å²) in [5.41, 5.74) is 4.20. The lowest BCUT2D eigenvalue weighted by Crippen LogP contribution is -2.11. The van der Waals surface area contributed by atoms with Crippen LogP contribution in [0.5, 0.6) is 5.75 Å². The average molecular weight is 282 g/mol. The highest BCUT2D eigenvalue weighted by Crippen LogP contribution is 2.23. The van der Waals surface area contributed by atoms with Crippen LogP contribution in [0.4, 0.5) is 0 Å². The Morgan fingerprint density at radius 3 is 2.83 bits per heavy atom. The molecule has 0 aliphatic carbocycles. The Kier molecular flexibility index (Phi) is 5.02. The molecule has 1 atom stereocenters. The van der Waals surface area contributed by atoms with Crippen LogP contribution < -0.4 is 4.74 Å². The number of ether oxygens (including phenoxy) is 1. The maximum absolute atomic E-state index is 6.06. The number of methoxy groups -OCH3 is 1. The minimum absolute atomic E-state index is 0.394. The Hall–Kier alpha value is -1.06. The highest BCUT2D eigenvalue weighted by molar-refractivity contribution is 7.07. The molecule has 1 unspecified atom stereocenters. The number of benzene rings is 1. The third kappa shape index (κ3) is 3.47. The fourth-order valence-electron chi connectivity index (χ4n) is 2.00. The van der Waals surface area contributed by atoms with E-state index in [9.17, 15) is 0 Å². The highest BCUT2D eigenvalue weighted by Gasteiger charge is 2.13. The minimum Gasteiger partial charge on any atom is -0.496 e. The van der Waals surface area contributed by atoms with Gasteiger partial charge < -0.3 is 4.74 Å². The number of rotatable bonds is 6. The minimum atomic E-state index is 0.394. The van der Waals surface area contributed by atoms with Gasteiger partial charge in [-0.3, -0.25) is 0 Å². The Bertz CT molecular complexity index is 472. The SMILES string of the molecule is COc1ccccc1CC(CCl)Cc1cscn1. The van der Waals surface area contributed by atoms with Gasteiger partial charge >= 0.3 is 0 Å². The molecule has 0 aliphatic rings. The van der Waals surface area contributed by atoms with Crippen molar-refractivity contribution < 1.29 is 4.74 Å². The van der Waals surface area contributed by atoms with Crippen LogP contribution in [0.1, 0.15) is 11.3 Å². The van der Waals surface area contributed by atoms with Crippen LogP contribution in [0.2, 0.25) is 0 Å². The first-order valence-electron chi connectivity index (χ1n) is 5.88. The zero-order valence-corrected chi connectivity index (χ0v) is 11.9. The Balaban J connectivity index is 2.05. The molecule has 2 aromatic rings. The molecular weight excluding hydrogens is 266 g/mol. The van der Waals surface area contributed by atoms with Gasteiger partial charge in [0.05, 0.1) is 18.3 Å². The first-order chi connectivity index (χ1) is 8.83. The van der Waals surface area contributed by atoms with Gasteiger partial charge in [0.15, 0.2) is 0 Å². The van der Waals surface area contributed by atoms with Crippen molar-refractivity contribution in [2.24, 2.45) is 5.92 Å². The molecule has 18 heavy (non-hydrogen) atoms. The molecule has 1 aromatic carbocycles. The predicted molar refractivity (Wildman–Crippen MR) is 76.7 cm³/mol. The van der Waals surface area contributed by atoms with Gasteiger partial charge in [-0.1, -0.05) is 18.2 Å². The fraction of sp³-hybridized carbons (Fsp3) is 0.357. The van der Waals surface area contributed by atoms with Crippen molar-refractivity contribution in [2.45, 2.75) is 12.8 Å². The zero-order valence-electron chi connectivity index (χ0n) is 10.3. The second-order valence-electron chi connectivity index (χ2n) is 4.22. The van der Waals surface area contributed by atoms with Gasteiger partial charge in [0, 0.05) is 11.3 Å². The Labute approximate surface area is 117 Å². The largest absolute Gasteiger partial charge is 0.496 e. The summed E-state index contributed by atoms with van der Waals surface area (Å²) in [6, 6.07) is 8.10. The Morgan fingerprint density at radius 2 is 2.17 bits per heavy atom. The molecule has 0 fully saturated rings. The molecule has 2 rings (SSSR count). The van der Waals surface area contributed by atoms with E-state index in [1.807, 2.05) is 23.7 Å². The number of halogens is 1. The number of hydrogen-bond acceptors (Lipinski definition) is 3. The third-order valence-electron chi connectivity index (χ3n) is 2.90. The number of alkyl halides is 1. The van der Waals surface area contributed by atoms with Crippen molar-refractivity contribution >= 4 is 22.9 Å². The summed E-state index contributed by atoms with van der Waals surface area (Å²) in [5, 5.41) is 2.09. The summed E-state index contributed by atoms with van der Waals surface area (Å²) in [4.78, 5) is 4.32. The van der Waals surface area contributed by atoms with Crippen molar-refractivity contribution in [1.29, 1.82) is 0 Å². The maximum Gasteiger partial charge on any atom is 0.122 e. The second kappa shape index (κ2) is 6.76. The van der Waals surface area contributed by atoms with Gasteiger partial charge in [0.25, 0.3) is 0 Å². The first-order valence-corrected chi connectivity index (χ1v) is 7.36. The smallest absolute Gasteiger partial charge is 0.122 e. The van der Waals surface area contributed by atoms with E-state index in [0.717, 1.165) is 24.3 Å². The summed E-state index contributed by atoms with van der Waals surface area (Å²) in [6.07, 6.45) is 1.84. The van der Waals surface area contributed by atoms with E-state index >= 15 is 0 Å². The van der Waals surface area contributed by atoms with E-state index in [0.29, 0.717) is 11.8 Å². The quantitative estimate of drug-likeness (QED) is 0.752. The van der Waals surface area contributed by atoms with Gasteiger partial charge in [-0.15, -0.1) is 22.9 Å². The second-order valence-corrected chi connectivity index (χ2v) is 5.25. The lowest BCUT2D eigenvalue weighted by atomic mass is 9.96. The average Bonchev–Trinajstić information content (AvgIpc) is 2.91. The van der Waals surface area contributed by atoms with Crippen molar-refractivity contribution in [1.82, 2.24) is 4.98 Å². The molecule has 0 saturated carbocycles. The van der Waals surface area contributed by atoms with Crippen LogP contribution in [0.15, 0.2) is 35.2 Å². The molecule has 0 amide bonds. The lowest BCUT2D eigenvalue weighted by molar-refractivity contribution is 0.405. The van der Waals surface area contributed by atoms with Crippen molar-refractivity contribution in [2.75, 3.05) is 13.0 Å². The molecule has 0 saturated heterocycles. The standard InChI is InChI=1S/C14H16ClNOS/c1-17-14-5-3-2-4-12(14)6-11(8-15)7-13-9-18-10-16-13/h2-5,9-11H,6-8H2,1H3. The molecule has 1 heterocycles. The maximum atomic E-state index is 6.06. The summed E-state index contributed by atoms with van der Waals surface area (Å²) in [6.45, 7) is 0. The molecule has 0 N–H and O–H groups in total. The van der Waals surface area contributed by atoms with Crippen molar-refractivity contribution in [3.8, 4) is 5.75 Å². The highest BCUT2D eigenvalue weighted by atomic mass is 35.5. The van der Waals surface area contributed by atoms with E-state index in [-0.39, 0.29) is 0 Å². The molecule has 0 spiro atoms. The van der Waals surface area contributed by atoms with Gasteiger partial charge in [-0.2, -0.15) is 0 Å². The molecule has 1 aromatic heterocycles. The summed E-state index contributed by atoms with van der Waals surface area (Å²) >= 11 is 7.69. The van der Waals surface area contributed by atoms with Gasteiger partial charge in [-0.25, -0.2) is 4.98 Å². The summed E-state index contributed by atoms with van der Waals surface area (Å²) in [5.74, 6) is 1.96. The predicted octanol–water partition coefficient (Wildman–Crippen LogP) is 3.79. The molecule has 2 nitrogen and oxygen atoms in total. The zero-order chi connectivity index (χ0) is 12.8. The summed E-state index contributed by atoms with van der Waals surface area (Å²) in [7, 11) is 1.70. The van der Waals surface area contributed by atoms with E-state index in [1.54, 1.807) is 18.4 Å². The van der Waals surface area contributed by atoms with Gasteiger partial charge in [0.1, 0.15) is 5.75 Å².